The molecular formula is C15H9N6NaO2S3. The predicted octanol–water partition coefficient (Wildman–Crippen LogP) is 1.60. The van der Waals surface area contributed by atoms with Crippen LogP contribution in [0, 0.1) is 21.4 Å². The summed E-state index contributed by atoms with van der Waals surface area (Å²) in [6, 6.07) is 13.5. The van der Waals surface area contributed by atoms with Crippen molar-refractivity contribution in [1.29, 1.82) is 5.26 Å². The maximum absolute atomic E-state index is 8.19. The Morgan fingerprint density at radius 1 is 0.852 bits per heavy atom. The van der Waals surface area contributed by atoms with E-state index >= 15 is 0 Å². The Hall–Kier alpha value is -2.07. The van der Waals surface area contributed by atoms with E-state index in [1.807, 2.05) is 52.5 Å². The van der Waals surface area contributed by atoms with Crippen LogP contribution in [0.4, 0.5) is 0 Å². The molecule has 8 nitrogen and oxygen atoms in total. The number of hydrogen-bond donors (Lipinski definition) is 0. The number of rotatable bonds is 2. The fourth-order valence-corrected chi connectivity index (χ4v) is 3.39. The molecule has 0 aromatic carbocycles. The molecule has 0 aliphatic heterocycles. The second kappa shape index (κ2) is 13.2. The Morgan fingerprint density at radius 3 is 1.52 bits per heavy atom. The van der Waals surface area contributed by atoms with Gasteiger partial charge in [0.2, 0.25) is 11.6 Å². The van der Waals surface area contributed by atoms with Crippen molar-refractivity contribution in [2.75, 3.05) is 0 Å². The summed E-state index contributed by atoms with van der Waals surface area (Å²) in [7, 11) is 0. The van der Waals surface area contributed by atoms with Crippen molar-refractivity contribution in [3.05, 3.63) is 67.5 Å². The predicted molar refractivity (Wildman–Crippen MR) is 102 cm³/mol. The van der Waals surface area contributed by atoms with Crippen molar-refractivity contribution < 1.29 is 29.6 Å². The minimum Gasteiger partial charge on any atom is -0.444 e. The molecule has 0 unspecified atom stereocenters. The van der Waals surface area contributed by atoms with Gasteiger partial charge < -0.3 is 10.1 Å². The van der Waals surface area contributed by atoms with Gasteiger partial charge in [-0.3, -0.25) is 0 Å². The van der Waals surface area contributed by atoms with Gasteiger partial charge in [0.15, 0.2) is 0 Å². The first-order valence-corrected chi connectivity index (χ1v) is 9.46. The summed E-state index contributed by atoms with van der Waals surface area (Å²) < 4.78 is 0. The zero-order chi connectivity index (χ0) is 18.6. The zero-order valence-electron chi connectivity index (χ0n) is 13.9. The molecule has 4 heterocycles. The molecule has 0 aliphatic rings. The summed E-state index contributed by atoms with van der Waals surface area (Å²) in [5.74, 6) is 1.16. The molecule has 130 valence electrons. The van der Waals surface area contributed by atoms with Gasteiger partial charge in [-0.1, -0.05) is 18.2 Å². The van der Waals surface area contributed by atoms with E-state index in [-0.39, 0.29) is 29.6 Å². The molecule has 0 atom stereocenters. The maximum Gasteiger partial charge on any atom is 1.00 e. The average Bonchev–Trinajstić information content (AvgIpc) is 3.47. The molecule has 0 radical (unpaired) electrons. The Morgan fingerprint density at radius 2 is 1.26 bits per heavy atom. The largest absolute Gasteiger partial charge is 1.00 e. The molecule has 4 rings (SSSR count). The summed E-state index contributed by atoms with van der Waals surface area (Å²) in [6.07, 6.45) is 0. The molecule has 0 saturated carbocycles. The molecule has 0 bridgehead atoms. The van der Waals surface area contributed by atoms with Crippen molar-refractivity contribution in [2.45, 2.75) is 0 Å². The van der Waals surface area contributed by atoms with Crippen LogP contribution in [0.3, 0.4) is 0 Å². The fourth-order valence-electron chi connectivity index (χ4n) is 1.58. The quantitative estimate of drug-likeness (QED) is 0.271. The molecule has 0 fully saturated rings. The zero-order valence-corrected chi connectivity index (χ0v) is 18.4. The van der Waals surface area contributed by atoms with E-state index in [4.69, 9.17) is 15.4 Å². The number of nitriles is 1. The van der Waals surface area contributed by atoms with Gasteiger partial charge in [0.25, 0.3) is 0 Å². The van der Waals surface area contributed by atoms with Gasteiger partial charge in [-0.2, -0.15) is 5.26 Å². The van der Waals surface area contributed by atoms with Crippen LogP contribution in [-0.4, -0.2) is 20.4 Å². The van der Waals surface area contributed by atoms with E-state index in [0.29, 0.717) is 11.6 Å². The molecule has 0 saturated heterocycles. The van der Waals surface area contributed by atoms with Crippen molar-refractivity contribution >= 4 is 34.0 Å². The number of thiophene rings is 3. The van der Waals surface area contributed by atoms with Crippen LogP contribution in [0.2, 0.25) is 0 Å². The normalized spacial score (nSPS) is 8.70. The van der Waals surface area contributed by atoms with E-state index in [9.17, 15) is 0 Å². The summed E-state index contributed by atoms with van der Waals surface area (Å²) in [5, 5.41) is 39.3. The number of nitrogens with zero attached hydrogens (tertiary/aromatic N) is 6. The van der Waals surface area contributed by atoms with Crippen LogP contribution in [0.25, 0.3) is 21.4 Å². The fraction of sp³-hybridized carbons (Fsp3) is 0. The third-order valence-corrected chi connectivity index (χ3v) is 5.10. The molecule has 12 heteroatoms. The standard InChI is InChI=1S/C10H6N4S2.C5H3NS.HNO2.Na/c1-3-7(15-5-1)9-11-13-10(14-12-9)8-4-2-6-16-8;6-4-5-2-1-3-7-5;2-1-3;/h1-6H;1-3H;(H,2,3);/q;;;+1/p-1. The van der Waals surface area contributed by atoms with E-state index in [2.05, 4.69) is 20.4 Å². The first kappa shape index (κ1) is 23.0. The van der Waals surface area contributed by atoms with E-state index < -0.39 is 0 Å². The Labute approximate surface area is 188 Å². The van der Waals surface area contributed by atoms with Crippen LogP contribution in [0.15, 0.2) is 57.9 Å². The van der Waals surface area contributed by atoms with Crippen molar-refractivity contribution in [1.82, 2.24) is 20.4 Å². The second-order valence-corrected chi connectivity index (χ2v) is 7.01. The summed E-state index contributed by atoms with van der Waals surface area (Å²) in [5.41, 5.74) is 0. The van der Waals surface area contributed by atoms with Crippen LogP contribution in [0.1, 0.15) is 4.88 Å². The van der Waals surface area contributed by atoms with Gasteiger partial charge in [-0.05, 0) is 34.3 Å². The summed E-state index contributed by atoms with van der Waals surface area (Å²) in [4.78, 5) is 10.7. The van der Waals surface area contributed by atoms with Crippen molar-refractivity contribution in [2.24, 2.45) is 5.34 Å². The molecule has 0 N–H and O–H groups in total. The molecule has 4 aromatic heterocycles. The van der Waals surface area contributed by atoms with Crippen molar-refractivity contribution in [3.63, 3.8) is 0 Å². The monoisotopic (exact) mass is 424 g/mol. The molecule has 27 heavy (non-hydrogen) atoms. The minimum absolute atomic E-state index is 0. The molecule has 0 aliphatic carbocycles. The maximum atomic E-state index is 8.19. The minimum atomic E-state index is 0. The summed E-state index contributed by atoms with van der Waals surface area (Å²) >= 11 is 4.62. The second-order valence-electron chi connectivity index (χ2n) is 4.17. The van der Waals surface area contributed by atoms with E-state index in [1.54, 1.807) is 28.7 Å². The Bertz CT molecular complexity index is 870. The van der Waals surface area contributed by atoms with Crippen molar-refractivity contribution in [3.8, 4) is 27.5 Å². The van der Waals surface area contributed by atoms with Crippen LogP contribution in [-0.2, 0) is 0 Å². The van der Waals surface area contributed by atoms with Crippen LogP contribution in [0.5, 0.6) is 0 Å². The summed E-state index contributed by atoms with van der Waals surface area (Å²) in [6.45, 7) is 0. The topological polar surface area (TPSA) is 128 Å². The van der Waals surface area contributed by atoms with Gasteiger partial charge in [0.05, 0.1) is 9.75 Å². The average molecular weight is 424 g/mol. The van der Waals surface area contributed by atoms with Gasteiger partial charge in [0, 0.05) is 0 Å². The number of aromatic nitrogens is 4. The first-order valence-electron chi connectivity index (χ1n) is 6.82. The SMILES string of the molecule is N#Cc1cccs1.O=N[O-].[Na+].c1csc(-c2nnc(-c3cccs3)nn2)c1. The Kier molecular flexibility index (Phi) is 11.2. The molecular weight excluding hydrogens is 415 g/mol. The van der Waals surface area contributed by atoms with E-state index in [0.717, 1.165) is 20.0 Å². The van der Waals surface area contributed by atoms with Crippen LogP contribution >= 0.6 is 34.0 Å². The van der Waals surface area contributed by atoms with Gasteiger partial charge >= 0.3 is 29.6 Å². The van der Waals surface area contributed by atoms with E-state index in [1.165, 1.54) is 11.3 Å². The number of hydrogen-bond acceptors (Lipinski definition) is 11. The van der Waals surface area contributed by atoms with Gasteiger partial charge in [-0.15, -0.1) is 59.7 Å². The molecule has 0 amide bonds. The third-order valence-electron chi connectivity index (χ3n) is 2.59. The van der Waals surface area contributed by atoms with Gasteiger partial charge in [-0.25, -0.2) is 0 Å². The third kappa shape index (κ3) is 7.59. The van der Waals surface area contributed by atoms with Gasteiger partial charge in [0.1, 0.15) is 10.9 Å². The van der Waals surface area contributed by atoms with Crippen LogP contribution < -0.4 is 29.6 Å². The smallest absolute Gasteiger partial charge is 0.444 e. The Balaban J connectivity index is 0.000000279. The molecule has 4 aromatic rings. The first-order chi connectivity index (χ1) is 12.8. The molecule has 0 spiro atoms.